The van der Waals surface area contributed by atoms with Crippen molar-refractivity contribution in [3.63, 3.8) is 0 Å². The minimum Gasteiger partial charge on any atom is -0.484 e. The van der Waals surface area contributed by atoms with Gasteiger partial charge in [0.25, 0.3) is 5.88 Å². The number of aromatic nitrogens is 2. The van der Waals surface area contributed by atoms with Crippen LogP contribution in [-0.4, -0.2) is 47.3 Å². The maximum absolute atomic E-state index is 6.25. The monoisotopic (exact) mass is 383 g/mol. The molecule has 0 N–H and O–H groups in total. The Morgan fingerprint density at radius 1 is 1.14 bits per heavy atom. The number of likely N-dealkylation sites (tertiary alicyclic amines) is 1. The average molecular weight is 383 g/mol. The minimum absolute atomic E-state index is 0.215. The third-order valence-corrected chi connectivity index (χ3v) is 5.44. The molecule has 6 heteroatoms. The van der Waals surface area contributed by atoms with Gasteiger partial charge in [-0.2, -0.15) is 0 Å². The van der Waals surface area contributed by atoms with Crippen LogP contribution in [0, 0.1) is 13.8 Å². The van der Waals surface area contributed by atoms with Gasteiger partial charge in [-0.1, -0.05) is 0 Å². The molecule has 4 heterocycles. The number of pyridine rings is 2. The Balaban J connectivity index is 1.37. The topological polar surface area (TPSA) is 56.7 Å². The first kappa shape index (κ1) is 19.2. The quantitative estimate of drug-likeness (QED) is 0.786. The molecule has 4 rings (SSSR count). The maximum atomic E-state index is 6.25. The van der Waals surface area contributed by atoms with E-state index in [0.717, 1.165) is 48.8 Å². The molecule has 0 aliphatic carbocycles. The van der Waals surface area contributed by atoms with Gasteiger partial charge < -0.3 is 14.2 Å². The number of fused-ring (bicyclic) bond motifs is 1. The molecule has 0 spiro atoms. The van der Waals surface area contributed by atoms with Crippen molar-refractivity contribution in [1.29, 1.82) is 0 Å². The van der Waals surface area contributed by atoms with E-state index in [-0.39, 0.29) is 12.1 Å². The van der Waals surface area contributed by atoms with Crippen LogP contribution in [0.3, 0.4) is 0 Å². The molecule has 2 aromatic rings. The lowest BCUT2D eigenvalue weighted by molar-refractivity contribution is -0.0204. The van der Waals surface area contributed by atoms with Crippen molar-refractivity contribution < 1.29 is 14.2 Å². The van der Waals surface area contributed by atoms with Gasteiger partial charge in [-0.3, -0.25) is 9.88 Å². The van der Waals surface area contributed by atoms with Gasteiger partial charge in [-0.25, -0.2) is 4.98 Å². The summed E-state index contributed by atoms with van der Waals surface area (Å²) in [4.78, 5) is 11.6. The van der Waals surface area contributed by atoms with Crippen LogP contribution in [0.25, 0.3) is 0 Å². The van der Waals surface area contributed by atoms with E-state index in [1.54, 1.807) is 0 Å². The van der Waals surface area contributed by atoms with Crippen molar-refractivity contribution in [1.82, 2.24) is 14.9 Å². The van der Waals surface area contributed by atoms with Gasteiger partial charge in [-0.15, -0.1) is 0 Å². The lowest BCUT2D eigenvalue weighted by Gasteiger charge is -2.36. The first-order chi connectivity index (χ1) is 13.6. The van der Waals surface area contributed by atoms with Crippen LogP contribution in [0.5, 0.6) is 11.6 Å². The number of nitrogens with zero attached hydrogens (tertiary/aromatic N) is 3. The van der Waals surface area contributed by atoms with Crippen LogP contribution >= 0.6 is 0 Å². The Bertz CT molecular complexity index is 806. The van der Waals surface area contributed by atoms with Crippen molar-refractivity contribution in [3.05, 3.63) is 46.9 Å². The fraction of sp³-hybridized carbons (Fsp3) is 0.545. The van der Waals surface area contributed by atoms with Crippen LogP contribution in [-0.2, 0) is 11.3 Å². The van der Waals surface area contributed by atoms with Gasteiger partial charge in [-0.05, 0) is 70.0 Å². The highest BCUT2D eigenvalue weighted by molar-refractivity contribution is 5.36. The molecule has 28 heavy (non-hydrogen) atoms. The van der Waals surface area contributed by atoms with E-state index in [4.69, 9.17) is 14.2 Å². The Morgan fingerprint density at radius 2 is 1.93 bits per heavy atom. The normalized spacial score (nSPS) is 20.8. The molecule has 2 aromatic heterocycles. The number of rotatable bonds is 5. The molecule has 0 bridgehead atoms. The van der Waals surface area contributed by atoms with E-state index in [9.17, 15) is 0 Å². The number of ether oxygens (including phenoxy) is 3. The number of aryl methyl sites for hydroxylation is 2. The zero-order valence-corrected chi connectivity index (χ0v) is 17.0. The molecule has 150 valence electrons. The first-order valence-corrected chi connectivity index (χ1v) is 10.1. The second-order valence-electron chi connectivity index (χ2n) is 7.74. The lowest BCUT2D eigenvalue weighted by atomic mass is 10.0. The molecule has 2 unspecified atom stereocenters. The molecule has 0 radical (unpaired) electrons. The van der Waals surface area contributed by atoms with Crippen molar-refractivity contribution in [2.24, 2.45) is 0 Å². The van der Waals surface area contributed by atoms with E-state index in [1.165, 1.54) is 5.56 Å². The van der Waals surface area contributed by atoms with Gasteiger partial charge in [0.1, 0.15) is 13.2 Å². The van der Waals surface area contributed by atoms with Gasteiger partial charge in [0.05, 0.1) is 18.4 Å². The second-order valence-corrected chi connectivity index (χ2v) is 7.74. The first-order valence-electron chi connectivity index (χ1n) is 10.1. The highest BCUT2D eigenvalue weighted by Crippen LogP contribution is 2.31. The number of piperidine rings is 1. The van der Waals surface area contributed by atoms with Crippen molar-refractivity contribution in [3.8, 4) is 11.6 Å². The predicted molar refractivity (Wildman–Crippen MR) is 107 cm³/mol. The molecule has 2 atom stereocenters. The fourth-order valence-electron chi connectivity index (χ4n) is 4.04. The fourth-order valence-corrected chi connectivity index (χ4v) is 4.04. The standard InChI is InChI=1S/C22H29N3O3/c1-15-11-18(12-16(2)23-15)14-28-19-5-4-8-25(13-19)17(3)20-6-7-21-22(24-20)27-10-9-26-21/h6-7,11-12,17,19H,4-5,8-10,13-14H2,1-3H3. The number of hydrogen-bond acceptors (Lipinski definition) is 6. The summed E-state index contributed by atoms with van der Waals surface area (Å²) in [5.74, 6) is 1.36. The van der Waals surface area contributed by atoms with E-state index in [0.29, 0.717) is 25.7 Å². The Labute approximate surface area is 166 Å². The largest absolute Gasteiger partial charge is 0.484 e. The third kappa shape index (κ3) is 4.45. The van der Waals surface area contributed by atoms with Crippen LogP contribution in [0.1, 0.15) is 48.5 Å². The summed E-state index contributed by atoms with van der Waals surface area (Å²) in [6.07, 6.45) is 2.47. The number of hydrogen-bond donors (Lipinski definition) is 0. The molecule has 0 amide bonds. The molecule has 1 saturated heterocycles. The summed E-state index contributed by atoms with van der Waals surface area (Å²) in [6.45, 7) is 10.0. The Hall–Kier alpha value is -2.18. The molecule has 6 nitrogen and oxygen atoms in total. The van der Waals surface area contributed by atoms with Crippen molar-refractivity contribution >= 4 is 0 Å². The van der Waals surface area contributed by atoms with E-state index in [2.05, 4.69) is 33.9 Å². The summed E-state index contributed by atoms with van der Waals surface area (Å²) >= 11 is 0. The van der Waals surface area contributed by atoms with Gasteiger partial charge in [0.15, 0.2) is 5.75 Å². The summed E-state index contributed by atoms with van der Waals surface area (Å²) in [6, 6.07) is 8.45. The highest BCUT2D eigenvalue weighted by Gasteiger charge is 2.26. The molecular formula is C22H29N3O3. The minimum atomic E-state index is 0.215. The third-order valence-electron chi connectivity index (χ3n) is 5.44. The zero-order valence-electron chi connectivity index (χ0n) is 17.0. The van der Waals surface area contributed by atoms with Crippen LogP contribution in [0.4, 0.5) is 0 Å². The van der Waals surface area contributed by atoms with E-state index < -0.39 is 0 Å². The molecule has 0 aromatic carbocycles. The second kappa shape index (κ2) is 8.45. The highest BCUT2D eigenvalue weighted by atomic mass is 16.6. The summed E-state index contributed by atoms with van der Waals surface area (Å²) < 4.78 is 17.5. The summed E-state index contributed by atoms with van der Waals surface area (Å²) in [5.41, 5.74) is 4.30. The molecule has 0 saturated carbocycles. The molecule has 2 aliphatic heterocycles. The van der Waals surface area contributed by atoms with E-state index in [1.807, 2.05) is 26.0 Å². The smallest absolute Gasteiger partial charge is 0.257 e. The maximum Gasteiger partial charge on any atom is 0.257 e. The van der Waals surface area contributed by atoms with Crippen molar-refractivity contribution in [2.75, 3.05) is 26.3 Å². The van der Waals surface area contributed by atoms with E-state index >= 15 is 0 Å². The molecular weight excluding hydrogens is 354 g/mol. The SMILES string of the molecule is Cc1cc(COC2CCCN(C(C)c3ccc4c(n3)OCCO4)C2)cc(C)n1. The Kier molecular flexibility index (Phi) is 5.78. The molecule has 2 aliphatic rings. The summed E-state index contributed by atoms with van der Waals surface area (Å²) in [5, 5.41) is 0. The Morgan fingerprint density at radius 3 is 2.75 bits per heavy atom. The van der Waals surface area contributed by atoms with Gasteiger partial charge in [0.2, 0.25) is 0 Å². The van der Waals surface area contributed by atoms with Crippen molar-refractivity contribution in [2.45, 2.75) is 52.4 Å². The van der Waals surface area contributed by atoms with Gasteiger partial charge in [0, 0.05) is 24.0 Å². The van der Waals surface area contributed by atoms with Gasteiger partial charge >= 0.3 is 0 Å². The van der Waals surface area contributed by atoms with Crippen LogP contribution in [0.2, 0.25) is 0 Å². The van der Waals surface area contributed by atoms with Crippen LogP contribution < -0.4 is 9.47 Å². The average Bonchev–Trinajstić information content (AvgIpc) is 2.71. The molecule has 1 fully saturated rings. The van der Waals surface area contributed by atoms with Crippen LogP contribution in [0.15, 0.2) is 24.3 Å². The summed E-state index contributed by atoms with van der Waals surface area (Å²) in [7, 11) is 0. The lowest BCUT2D eigenvalue weighted by Crippen LogP contribution is -2.41. The predicted octanol–water partition coefficient (Wildman–Crippen LogP) is 3.61. The zero-order chi connectivity index (χ0) is 19.5.